The lowest BCUT2D eigenvalue weighted by atomic mass is 9.88. The Kier molecular flexibility index (Phi) is 3.99. The van der Waals surface area contributed by atoms with Crippen LogP contribution in [0.1, 0.15) is 19.8 Å². The number of likely N-dealkylation sites (tertiary alicyclic amines) is 1. The van der Waals surface area contributed by atoms with Gasteiger partial charge in [-0.1, -0.05) is 6.92 Å². The molecule has 5 nitrogen and oxygen atoms in total. The third-order valence-corrected chi connectivity index (χ3v) is 3.81. The van der Waals surface area contributed by atoms with Crippen LogP contribution in [0.2, 0.25) is 0 Å². The van der Waals surface area contributed by atoms with Gasteiger partial charge in [-0.05, 0) is 31.8 Å². The highest BCUT2D eigenvalue weighted by molar-refractivity contribution is 5.86. The van der Waals surface area contributed by atoms with Crippen LogP contribution < -0.4 is 10.6 Å². The van der Waals surface area contributed by atoms with E-state index in [2.05, 4.69) is 10.6 Å². The normalized spacial score (nSPS) is 22.1. The predicted molar refractivity (Wildman–Crippen MR) is 64.3 cm³/mol. The first-order valence-electron chi connectivity index (χ1n) is 6.44. The third-order valence-electron chi connectivity index (χ3n) is 3.81. The highest BCUT2D eigenvalue weighted by atomic mass is 16.2. The fourth-order valence-electron chi connectivity index (χ4n) is 2.28. The minimum atomic E-state index is 0.00243. The minimum absolute atomic E-state index is 0.00243. The Morgan fingerprint density at radius 1 is 1.35 bits per heavy atom. The average molecular weight is 239 g/mol. The number of amides is 2. The van der Waals surface area contributed by atoms with Crippen molar-refractivity contribution in [1.29, 1.82) is 0 Å². The summed E-state index contributed by atoms with van der Waals surface area (Å²) in [6, 6.07) is 0. The van der Waals surface area contributed by atoms with Gasteiger partial charge in [-0.3, -0.25) is 9.59 Å². The zero-order valence-corrected chi connectivity index (χ0v) is 10.4. The first-order chi connectivity index (χ1) is 8.18. The fraction of sp³-hybridized carbons (Fsp3) is 0.833. The Morgan fingerprint density at radius 2 is 2.00 bits per heavy atom. The van der Waals surface area contributed by atoms with Crippen LogP contribution in [-0.2, 0) is 9.59 Å². The summed E-state index contributed by atoms with van der Waals surface area (Å²) < 4.78 is 0. The van der Waals surface area contributed by atoms with E-state index in [-0.39, 0.29) is 24.3 Å². The molecular weight excluding hydrogens is 218 g/mol. The number of nitrogens with one attached hydrogen (secondary N) is 2. The second-order valence-corrected chi connectivity index (χ2v) is 5.01. The second kappa shape index (κ2) is 5.49. The lowest BCUT2D eigenvalue weighted by Gasteiger charge is -2.31. The molecule has 17 heavy (non-hydrogen) atoms. The molecule has 0 spiro atoms. The van der Waals surface area contributed by atoms with Gasteiger partial charge in [0.1, 0.15) is 0 Å². The van der Waals surface area contributed by atoms with Gasteiger partial charge in [0.05, 0.1) is 6.54 Å². The van der Waals surface area contributed by atoms with Crippen molar-refractivity contribution in [2.24, 2.45) is 11.8 Å². The molecule has 0 bridgehead atoms. The summed E-state index contributed by atoms with van der Waals surface area (Å²) in [5.41, 5.74) is 0. The molecule has 2 N–H and O–H groups in total. The molecule has 2 saturated heterocycles. The number of hydrogen-bond donors (Lipinski definition) is 2. The Hall–Kier alpha value is -1.10. The quantitative estimate of drug-likeness (QED) is 0.700. The van der Waals surface area contributed by atoms with Crippen molar-refractivity contribution in [1.82, 2.24) is 15.5 Å². The van der Waals surface area contributed by atoms with Crippen LogP contribution in [0.15, 0.2) is 0 Å². The molecule has 2 aliphatic heterocycles. The molecule has 96 valence electrons. The molecule has 1 atom stereocenters. The molecule has 1 unspecified atom stereocenters. The van der Waals surface area contributed by atoms with Crippen molar-refractivity contribution in [3.05, 3.63) is 0 Å². The average Bonchev–Trinajstić information content (AvgIpc) is 2.76. The number of nitrogens with zero attached hydrogens (tertiary/aromatic N) is 1. The highest BCUT2D eigenvalue weighted by Gasteiger charge is 2.29. The smallest absolute Gasteiger partial charge is 0.241 e. The molecule has 0 aromatic carbocycles. The van der Waals surface area contributed by atoms with Crippen molar-refractivity contribution in [2.45, 2.75) is 19.8 Å². The molecule has 0 aromatic heterocycles. The lowest BCUT2D eigenvalue weighted by molar-refractivity contribution is -0.133. The van der Waals surface area contributed by atoms with E-state index in [0.29, 0.717) is 5.92 Å². The number of carbonyl (C=O) groups excluding carboxylic acids is 2. The van der Waals surface area contributed by atoms with E-state index >= 15 is 0 Å². The lowest BCUT2D eigenvalue weighted by Crippen LogP contribution is -2.50. The molecule has 0 aliphatic carbocycles. The Labute approximate surface area is 102 Å². The van der Waals surface area contributed by atoms with Crippen molar-refractivity contribution in [2.75, 3.05) is 32.7 Å². The highest BCUT2D eigenvalue weighted by Crippen LogP contribution is 2.15. The zero-order chi connectivity index (χ0) is 12.3. The largest absolute Gasteiger partial charge is 0.347 e. The maximum atomic E-state index is 11.8. The van der Waals surface area contributed by atoms with Crippen molar-refractivity contribution < 1.29 is 9.59 Å². The van der Waals surface area contributed by atoms with Gasteiger partial charge in [-0.25, -0.2) is 0 Å². The summed E-state index contributed by atoms with van der Waals surface area (Å²) >= 11 is 0. The Bertz CT molecular complexity index is 296. The predicted octanol–water partition coefficient (Wildman–Crippen LogP) is -0.419. The maximum Gasteiger partial charge on any atom is 0.241 e. The molecule has 2 amide bonds. The van der Waals surface area contributed by atoms with Crippen molar-refractivity contribution in [3.63, 3.8) is 0 Å². The van der Waals surface area contributed by atoms with E-state index in [1.54, 1.807) is 0 Å². The molecule has 2 rings (SSSR count). The molecular formula is C12H21N3O2. The maximum absolute atomic E-state index is 11.8. The van der Waals surface area contributed by atoms with Crippen molar-refractivity contribution >= 4 is 11.8 Å². The van der Waals surface area contributed by atoms with E-state index in [9.17, 15) is 9.59 Å². The standard InChI is InChI=1S/C12H21N3O2/c1-9(10-6-13-7-10)12(17)14-8-11(16)15-4-2-3-5-15/h9-10,13H,2-8H2,1H3,(H,14,17). The van der Waals surface area contributed by atoms with Crippen LogP contribution in [-0.4, -0.2) is 49.4 Å². The summed E-state index contributed by atoms with van der Waals surface area (Å²) in [6.07, 6.45) is 2.17. The van der Waals surface area contributed by atoms with Crippen LogP contribution in [0.4, 0.5) is 0 Å². The van der Waals surface area contributed by atoms with Gasteiger partial charge >= 0.3 is 0 Å². The molecule has 0 radical (unpaired) electrons. The number of hydrogen-bond acceptors (Lipinski definition) is 3. The van der Waals surface area contributed by atoms with Crippen molar-refractivity contribution in [3.8, 4) is 0 Å². The van der Waals surface area contributed by atoms with Crippen LogP contribution in [0.3, 0.4) is 0 Å². The second-order valence-electron chi connectivity index (χ2n) is 5.01. The summed E-state index contributed by atoms with van der Waals surface area (Å²) in [4.78, 5) is 25.3. The Balaban J connectivity index is 1.69. The van der Waals surface area contributed by atoms with E-state index in [1.807, 2.05) is 11.8 Å². The SMILES string of the molecule is CC(C(=O)NCC(=O)N1CCCC1)C1CNC1. The summed E-state index contributed by atoms with van der Waals surface area (Å²) in [6.45, 7) is 5.60. The third kappa shape index (κ3) is 2.97. The van der Waals surface area contributed by atoms with E-state index in [1.165, 1.54) is 0 Å². The fourth-order valence-corrected chi connectivity index (χ4v) is 2.28. The number of carbonyl (C=O) groups is 2. The molecule has 2 heterocycles. The van der Waals surface area contributed by atoms with Gasteiger partial charge in [-0.15, -0.1) is 0 Å². The molecule has 2 aliphatic rings. The van der Waals surface area contributed by atoms with Gasteiger partial charge < -0.3 is 15.5 Å². The van der Waals surface area contributed by atoms with Gasteiger partial charge in [-0.2, -0.15) is 0 Å². The summed E-state index contributed by atoms with van der Waals surface area (Å²) in [7, 11) is 0. The molecule has 2 fully saturated rings. The first-order valence-corrected chi connectivity index (χ1v) is 6.44. The van der Waals surface area contributed by atoms with Gasteiger partial charge in [0.15, 0.2) is 0 Å². The first kappa shape index (κ1) is 12.4. The van der Waals surface area contributed by atoms with Crippen LogP contribution >= 0.6 is 0 Å². The number of rotatable bonds is 4. The van der Waals surface area contributed by atoms with E-state index in [4.69, 9.17) is 0 Å². The molecule has 0 saturated carbocycles. The summed E-state index contributed by atoms with van der Waals surface area (Å²) in [5.74, 6) is 0.485. The van der Waals surface area contributed by atoms with E-state index in [0.717, 1.165) is 39.0 Å². The monoisotopic (exact) mass is 239 g/mol. The molecule has 0 aromatic rings. The van der Waals surface area contributed by atoms with E-state index < -0.39 is 0 Å². The van der Waals surface area contributed by atoms with Crippen LogP contribution in [0, 0.1) is 11.8 Å². The minimum Gasteiger partial charge on any atom is -0.347 e. The van der Waals surface area contributed by atoms with Gasteiger partial charge in [0.2, 0.25) is 11.8 Å². The van der Waals surface area contributed by atoms with Gasteiger partial charge in [0, 0.05) is 19.0 Å². The van der Waals surface area contributed by atoms with Crippen LogP contribution in [0.5, 0.6) is 0 Å². The molecule has 5 heteroatoms. The summed E-state index contributed by atoms with van der Waals surface area (Å²) in [5, 5.41) is 5.90. The zero-order valence-electron chi connectivity index (χ0n) is 10.4. The Morgan fingerprint density at radius 3 is 2.53 bits per heavy atom. The van der Waals surface area contributed by atoms with Gasteiger partial charge in [0.25, 0.3) is 0 Å². The topological polar surface area (TPSA) is 61.4 Å². The van der Waals surface area contributed by atoms with Crippen LogP contribution in [0.25, 0.3) is 0 Å².